The van der Waals surface area contributed by atoms with E-state index in [0.717, 1.165) is 31.5 Å². The molecular weight excluding hydrogens is 298 g/mol. The van der Waals surface area contributed by atoms with Crippen LogP contribution in [0.1, 0.15) is 30.9 Å². The average Bonchev–Trinajstić information content (AvgIpc) is 2.55. The minimum absolute atomic E-state index is 0.0496. The fourth-order valence-corrected chi connectivity index (χ4v) is 2.94. The van der Waals surface area contributed by atoms with Crippen molar-refractivity contribution in [3.63, 3.8) is 0 Å². The lowest BCUT2D eigenvalue weighted by Gasteiger charge is -2.35. The predicted octanol–water partition coefficient (Wildman–Crippen LogP) is 2.31. The van der Waals surface area contributed by atoms with Crippen LogP contribution in [-0.2, 0) is 11.2 Å². The highest BCUT2D eigenvalue weighted by molar-refractivity contribution is 6.18. The van der Waals surface area contributed by atoms with Gasteiger partial charge in [0.1, 0.15) is 0 Å². The molecular formula is C17H22ClN3O. The van der Waals surface area contributed by atoms with Gasteiger partial charge < -0.3 is 5.32 Å². The zero-order valence-corrected chi connectivity index (χ0v) is 13.6. The maximum atomic E-state index is 12.1. The van der Waals surface area contributed by atoms with Gasteiger partial charge in [-0.1, -0.05) is 12.1 Å². The Hall–Kier alpha value is -1.57. The number of hydrogen-bond acceptors (Lipinski definition) is 3. The first kappa shape index (κ1) is 16.8. The molecule has 1 heterocycles. The Morgan fingerprint density at radius 2 is 2.05 bits per heavy atom. The molecule has 0 spiro atoms. The van der Waals surface area contributed by atoms with Crippen LogP contribution in [0.25, 0.3) is 0 Å². The van der Waals surface area contributed by atoms with Gasteiger partial charge in [-0.25, -0.2) is 0 Å². The Balaban J connectivity index is 1.77. The van der Waals surface area contributed by atoms with E-state index >= 15 is 0 Å². The molecule has 1 aromatic rings. The molecule has 2 rings (SSSR count). The number of benzene rings is 1. The number of carbonyl (C=O) groups excluding carboxylic acids is 1. The van der Waals surface area contributed by atoms with Gasteiger partial charge in [0, 0.05) is 31.1 Å². The van der Waals surface area contributed by atoms with Crippen LogP contribution in [0.15, 0.2) is 24.3 Å². The first-order valence-corrected chi connectivity index (χ1v) is 8.24. The third-order valence-electron chi connectivity index (χ3n) is 4.19. The van der Waals surface area contributed by atoms with Gasteiger partial charge >= 0.3 is 0 Å². The summed E-state index contributed by atoms with van der Waals surface area (Å²) in [6.45, 7) is 4.10. The summed E-state index contributed by atoms with van der Waals surface area (Å²) in [7, 11) is 0. The third kappa shape index (κ3) is 4.72. The van der Waals surface area contributed by atoms with E-state index in [-0.39, 0.29) is 11.9 Å². The molecule has 5 heteroatoms. The number of nitrogens with one attached hydrogen (secondary N) is 1. The van der Waals surface area contributed by atoms with E-state index in [0.29, 0.717) is 23.9 Å². The van der Waals surface area contributed by atoms with Crippen molar-refractivity contribution in [3.05, 3.63) is 35.4 Å². The van der Waals surface area contributed by atoms with Crippen LogP contribution in [0.5, 0.6) is 0 Å². The van der Waals surface area contributed by atoms with Gasteiger partial charge in [0.25, 0.3) is 0 Å². The molecule has 0 aromatic heterocycles. The molecule has 1 N–H and O–H groups in total. The highest BCUT2D eigenvalue weighted by atomic mass is 35.5. The summed E-state index contributed by atoms with van der Waals surface area (Å²) in [4.78, 5) is 14.5. The zero-order chi connectivity index (χ0) is 15.9. The van der Waals surface area contributed by atoms with Crippen LogP contribution in [0, 0.1) is 11.3 Å². The first-order valence-electron chi connectivity index (χ1n) is 7.70. The van der Waals surface area contributed by atoms with Crippen LogP contribution in [0.3, 0.4) is 0 Å². The Kier molecular flexibility index (Phi) is 6.23. The molecule has 1 aliphatic rings. The summed E-state index contributed by atoms with van der Waals surface area (Å²) in [5.41, 5.74) is 1.55. The molecule has 1 atom stereocenters. The molecule has 4 nitrogen and oxygen atoms in total. The van der Waals surface area contributed by atoms with Crippen LogP contribution >= 0.6 is 11.6 Å². The zero-order valence-electron chi connectivity index (χ0n) is 12.9. The molecule has 1 saturated heterocycles. The maximum absolute atomic E-state index is 12.1. The van der Waals surface area contributed by atoms with Gasteiger partial charge in [-0.2, -0.15) is 5.26 Å². The molecule has 0 bridgehead atoms. The average molecular weight is 320 g/mol. The van der Waals surface area contributed by atoms with Gasteiger partial charge in [-0.15, -0.1) is 11.6 Å². The smallest absolute Gasteiger partial charge is 0.224 e. The van der Waals surface area contributed by atoms with Crippen molar-refractivity contribution >= 4 is 17.5 Å². The summed E-state index contributed by atoms with van der Waals surface area (Å²) in [6, 6.07) is 9.89. The number of carbonyl (C=O) groups is 1. The minimum atomic E-state index is 0.0496. The SMILES string of the molecule is CC(CCl)N1CCC(NC(=O)Cc2ccc(C#N)cc2)CC1. The predicted molar refractivity (Wildman–Crippen MR) is 87.8 cm³/mol. The van der Waals surface area contributed by atoms with E-state index in [1.54, 1.807) is 12.1 Å². The molecule has 1 fully saturated rings. The van der Waals surface area contributed by atoms with Crippen molar-refractivity contribution in [2.24, 2.45) is 0 Å². The minimum Gasteiger partial charge on any atom is -0.353 e. The number of nitriles is 1. The Labute approximate surface area is 137 Å². The van der Waals surface area contributed by atoms with E-state index in [1.165, 1.54) is 0 Å². The number of nitrogens with zero attached hydrogens (tertiary/aromatic N) is 2. The first-order chi connectivity index (χ1) is 10.6. The van der Waals surface area contributed by atoms with Crippen molar-refractivity contribution in [3.8, 4) is 6.07 Å². The van der Waals surface area contributed by atoms with Crippen molar-refractivity contribution in [2.75, 3.05) is 19.0 Å². The van der Waals surface area contributed by atoms with Crippen LogP contribution in [0.4, 0.5) is 0 Å². The molecule has 1 unspecified atom stereocenters. The molecule has 1 aromatic carbocycles. The Morgan fingerprint density at radius 1 is 1.41 bits per heavy atom. The number of likely N-dealkylation sites (tertiary alicyclic amines) is 1. The molecule has 0 saturated carbocycles. The molecule has 0 aliphatic carbocycles. The number of alkyl halides is 1. The Morgan fingerprint density at radius 3 is 2.59 bits per heavy atom. The lowest BCUT2D eigenvalue weighted by atomic mass is 10.0. The fraction of sp³-hybridized carbons (Fsp3) is 0.529. The summed E-state index contributed by atoms with van der Waals surface area (Å²) in [5.74, 6) is 0.698. The second-order valence-corrected chi connectivity index (χ2v) is 6.18. The standard InChI is InChI=1S/C17H22ClN3O/c1-13(11-18)21-8-6-16(7-9-21)20-17(22)10-14-2-4-15(12-19)5-3-14/h2-5,13,16H,6-11H2,1H3,(H,20,22). The van der Waals surface area contributed by atoms with Crippen molar-refractivity contribution in [2.45, 2.75) is 38.3 Å². The molecule has 118 valence electrons. The largest absolute Gasteiger partial charge is 0.353 e. The van der Waals surface area contributed by atoms with Crippen molar-refractivity contribution in [1.29, 1.82) is 5.26 Å². The van der Waals surface area contributed by atoms with E-state index in [2.05, 4.69) is 23.2 Å². The summed E-state index contributed by atoms with van der Waals surface area (Å²) in [6.07, 6.45) is 2.31. The van der Waals surface area contributed by atoms with Crippen LogP contribution in [0.2, 0.25) is 0 Å². The summed E-state index contributed by atoms with van der Waals surface area (Å²) < 4.78 is 0. The second-order valence-electron chi connectivity index (χ2n) is 5.87. The second kappa shape index (κ2) is 8.17. The van der Waals surface area contributed by atoms with Gasteiger partial charge in [-0.05, 0) is 37.5 Å². The summed E-state index contributed by atoms with van der Waals surface area (Å²) >= 11 is 5.89. The van der Waals surface area contributed by atoms with Gasteiger partial charge in [0.15, 0.2) is 0 Å². The fourth-order valence-electron chi connectivity index (χ4n) is 2.74. The molecule has 22 heavy (non-hydrogen) atoms. The lowest BCUT2D eigenvalue weighted by Crippen LogP contribution is -2.48. The third-order valence-corrected chi connectivity index (χ3v) is 4.64. The Bertz CT molecular complexity index is 530. The van der Waals surface area contributed by atoms with Crippen molar-refractivity contribution in [1.82, 2.24) is 10.2 Å². The maximum Gasteiger partial charge on any atom is 0.224 e. The number of hydrogen-bond donors (Lipinski definition) is 1. The normalized spacial score (nSPS) is 17.7. The number of halogens is 1. The lowest BCUT2D eigenvalue weighted by molar-refractivity contribution is -0.121. The van der Waals surface area contributed by atoms with Gasteiger partial charge in [-0.3, -0.25) is 9.69 Å². The monoisotopic (exact) mass is 319 g/mol. The van der Waals surface area contributed by atoms with Gasteiger partial charge in [0.05, 0.1) is 18.1 Å². The molecule has 1 amide bonds. The number of piperidine rings is 1. The van der Waals surface area contributed by atoms with E-state index in [1.807, 2.05) is 12.1 Å². The molecule has 1 aliphatic heterocycles. The van der Waals surface area contributed by atoms with E-state index in [4.69, 9.17) is 16.9 Å². The van der Waals surface area contributed by atoms with Crippen LogP contribution in [-0.4, -0.2) is 41.9 Å². The van der Waals surface area contributed by atoms with E-state index < -0.39 is 0 Å². The van der Waals surface area contributed by atoms with E-state index in [9.17, 15) is 4.79 Å². The van der Waals surface area contributed by atoms with Crippen molar-refractivity contribution < 1.29 is 4.79 Å². The molecule has 0 radical (unpaired) electrons. The topological polar surface area (TPSA) is 56.1 Å². The number of amides is 1. The van der Waals surface area contributed by atoms with Gasteiger partial charge in [0.2, 0.25) is 5.91 Å². The van der Waals surface area contributed by atoms with Crippen LogP contribution < -0.4 is 5.32 Å². The highest BCUT2D eigenvalue weighted by Gasteiger charge is 2.23. The quantitative estimate of drug-likeness (QED) is 0.847. The number of rotatable bonds is 5. The highest BCUT2D eigenvalue weighted by Crippen LogP contribution is 2.14. The summed E-state index contributed by atoms with van der Waals surface area (Å²) in [5, 5.41) is 11.9.